The number of fused-ring (bicyclic) bond motifs is 1. The second-order valence-corrected chi connectivity index (χ2v) is 4.46. The molecule has 0 aliphatic carbocycles. The zero-order valence-corrected chi connectivity index (χ0v) is 10.5. The van der Waals surface area contributed by atoms with Gasteiger partial charge in [0.05, 0.1) is 11.8 Å². The fourth-order valence-electron chi connectivity index (χ4n) is 2.21. The van der Waals surface area contributed by atoms with Crippen LogP contribution < -0.4 is 5.32 Å². The zero-order valence-electron chi connectivity index (χ0n) is 10.5. The average molecular weight is 254 g/mol. The third-order valence-electron chi connectivity index (χ3n) is 3.13. The molecule has 0 saturated heterocycles. The summed E-state index contributed by atoms with van der Waals surface area (Å²) in [6.45, 7) is 2.38. The molecule has 1 amide bonds. The summed E-state index contributed by atoms with van der Waals surface area (Å²) in [7, 11) is 0. The van der Waals surface area contributed by atoms with Crippen LogP contribution in [-0.2, 0) is 6.54 Å². The number of nitrogens with one attached hydrogen (secondary N) is 3. The fourth-order valence-corrected chi connectivity index (χ4v) is 2.21. The lowest BCUT2D eigenvalue weighted by Crippen LogP contribution is -2.23. The second-order valence-electron chi connectivity index (χ2n) is 4.46. The molecule has 3 rings (SSSR count). The number of para-hydroxylation sites is 1. The number of carbonyl (C=O) groups excluding carboxylic acids is 1. The smallest absolute Gasteiger partial charge is 0.253 e. The van der Waals surface area contributed by atoms with Crippen LogP contribution in [0.25, 0.3) is 10.9 Å². The maximum atomic E-state index is 12.3. The zero-order chi connectivity index (χ0) is 13.2. The molecule has 2 aromatic heterocycles. The number of hydrogen-bond donors (Lipinski definition) is 3. The average Bonchev–Trinajstić information content (AvgIpc) is 3.02. The first-order valence-electron chi connectivity index (χ1n) is 6.09. The van der Waals surface area contributed by atoms with Gasteiger partial charge in [0.2, 0.25) is 0 Å². The first-order valence-corrected chi connectivity index (χ1v) is 6.09. The lowest BCUT2D eigenvalue weighted by molar-refractivity contribution is 0.0952. The van der Waals surface area contributed by atoms with Crippen LogP contribution in [0.3, 0.4) is 0 Å². The highest BCUT2D eigenvalue weighted by Gasteiger charge is 2.15. The van der Waals surface area contributed by atoms with Crippen molar-refractivity contribution in [2.45, 2.75) is 13.5 Å². The Bertz CT molecular complexity index is 712. The summed E-state index contributed by atoms with van der Waals surface area (Å²) in [5.74, 6) is -0.0730. The molecule has 0 spiro atoms. The summed E-state index contributed by atoms with van der Waals surface area (Å²) in [4.78, 5) is 15.5. The van der Waals surface area contributed by atoms with E-state index in [1.165, 1.54) is 0 Å². The number of nitrogens with zero attached hydrogens (tertiary/aromatic N) is 1. The number of aromatic nitrogens is 3. The molecule has 0 radical (unpaired) electrons. The second kappa shape index (κ2) is 4.61. The molecular formula is C14H14N4O. The first-order chi connectivity index (χ1) is 9.25. The number of rotatable bonds is 3. The van der Waals surface area contributed by atoms with Gasteiger partial charge < -0.3 is 10.3 Å². The topological polar surface area (TPSA) is 73.6 Å². The number of benzene rings is 1. The van der Waals surface area contributed by atoms with Gasteiger partial charge in [0.1, 0.15) is 0 Å². The third kappa shape index (κ3) is 2.10. The number of hydrogen-bond acceptors (Lipinski definition) is 2. The van der Waals surface area contributed by atoms with Gasteiger partial charge in [0, 0.05) is 34.9 Å². The highest BCUT2D eigenvalue weighted by molar-refractivity contribution is 6.08. The Kier molecular flexibility index (Phi) is 2.79. The van der Waals surface area contributed by atoms with Gasteiger partial charge in [-0.1, -0.05) is 18.2 Å². The van der Waals surface area contributed by atoms with E-state index >= 15 is 0 Å². The fraction of sp³-hybridized carbons (Fsp3) is 0.143. The molecule has 3 aromatic rings. The minimum absolute atomic E-state index is 0.0730. The van der Waals surface area contributed by atoms with Gasteiger partial charge in [0.25, 0.3) is 5.91 Å². The lowest BCUT2D eigenvalue weighted by atomic mass is 10.1. The Morgan fingerprint density at radius 2 is 2.21 bits per heavy atom. The minimum Gasteiger partial charge on any atom is -0.358 e. The van der Waals surface area contributed by atoms with Crippen LogP contribution >= 0.6 is 0 Å². The quantitative estimate of drug-likeness (QED) is 0.670. The van der Waals surface area contributed by atoms with Gasteiger partial charge in [0.15, 0.2) is 0 Å². The molecular weight excluding hydrogens is 240 g/mol. The van der Waals surface area contributed by atoms with Crippen LogP contribution in [0.15, 0.2) is 36.7 Å². The Morgan fingerprint density at radius 3 is 3.00 bits per heavy atom. The van der Waals surface area contributed by atoms with Crippen molar-refractivity contribution in [3.8, 4) is 0 Å². The maximum absolute atomic E-state index is 12.3. The van der Waals surface area contributed by atoms with Crippen molar-refractivity contribution in [3.63, 3.8) is 0 Å². The normalized spacial score (nSPS) is 10.8. The van der Waals surface area contributed by atoms with Crippen LogP contribution in [-0.4, -0.2) is 21.1 Å². The molecule has 5 heteroatoms. The Balaban J connectivity index is 1.87. The lowest BCUT2D eigenvalue weighted by Gasteiger charge is -2.03. The van der Waals surface area contributed by atoms with Crippen LogP contribution in [0, 0.1) is 6.92 Å². The molecule has 0 aliphatic rings. The molecule has 0 unspecified atom stereocenters. The molecule has 19 heavy (non-hydrogen) atoms. The molecule has 3 N–H and O–H groups in total. The van der Waals surface area contributed by atoms with E-state index in [0.717, 1.165) is 22.2 Å². The summed E-state index contributed by atoms with van der Waals surface area (Å²) < 4.78 is 0. The van der Waals surface area contributed by atoms with Gasteiger partial charge in [-0.15, -0.1) is 0 Å². The van der Waals surface area contributed by atoms with Crippen molar-refractivity contribution >= 4 is 16.8 Å². The van der Waals surface area contributed by atoms with E-state index in [1.807, 2.05) is 31.2 Å². The van der Waals surface area contributed by atoms with Gasteiger partial charge in [-0.25, -0.2) is 0 Å². The molecule has 0 saturated carbocycles. The SMILES string of the molecule is Cc1[nH]c2ccccc2c1C(=O)NCc1cn[nH]c1. The predicted molar refractivity (Wildman–Crippen MR) is 72.8 cm³/mol. The number of H-pyrrole nitrogens is 2. The van der Waals surface area contributed by atoms with Crippen molar-refractivity contribution in [1.82, 2.24) is 20.5 Å². The summed E-state index contributed by atoms with van der Waals surface area (Å²) >= 11 is 0. The largest absolute Gasteiger partial charge is 0.358 e. The highest BCUT2D eigenvalue weighted by atomic mass is 16.1. The van der Waals surface area contributed by atoms with E-state index in [0.29, 0.717) is 12.1 Å². The predicted octanol–water partition coefficient (Wildman–Crippen LogP) is 2.13. The molecule has 0 atom stereocenters. The van der Waals surface area contributed by atoms with E-state index in [2.05, 4.69) is 20.5 Å². The standard InChI is InChI=1S/C14H14N4O/c1-9-13(11-4-2-3-5-12(11)18-9)14(19)15-6-10-7-16-17-8-10/h2-5,7-8,18H,6H2,1H3,(H,15,19)(H,16,17). The molecule has 1 aromatic carbocycles. The number of aromatic amines is 2. The maximum Gasteiger partial charge on any atom is 0.253 e. The summed E-state index contributed by atoms with van der Waals surface area (Å²) in [5, 5.41) is 10.4. The highest BCUT2D eigenvalue weighted by Crippen LogP contribution is 2.21. The van der Waals surface area contributed by atoms with Gasteiger partial charge in [-0.05, 0) is 13.0 Å². The molecule has 5 nitrogen and oxygen atoms in total. The number of carbonyl (C=O) groups is 1. The summed E-state index contributed by atoms with van der Waals surface area (Å²) in [6.07, 6.45) is 3.46. The van der Waals surface area contributed by atoms with Crippen molar-refractivity contribution < 1.29 is 4.79 Å². The Morgan fingerprint density at radius 1 is 1.37 bits per heavy atom. The first kappa shape index (κ1) is 11.5. The van der Waals surface area contributed by atoms with Crippen LogP contribution in [0.2, 0.25) is 0 Å². The van der Waals surface area contributed by atoms with Gasteiger partial charge in [-0.2, -0.15) is 5.10 Å². The summed E-state index contributed by atoms with van der Waals surface area (Å²) in [5.41, 5.74) is 3.52. The monoisotopic (exact) mass is 254 g/mol. The van der Waals surface area contributed by atoms with E-state index in [1.54, 1.807) is 12.4 Å². The van der Waals surface area contributed by atoms with E-state index in [9.17, 15) is 4.79 Å². The van der Waals surface area contributed by atoms with E-state index in [4.69, 9.17) is 0 Å². The van der Waals surface area contributed by atoms with Crippen LogP contribution in [0.4, 0.5) is 0 Å². The van der Waals surface area contributed by atoms with E-state index < -0.39 is 0 Å². The molecule has 2 heterocycles. The third-order valence-corrected chi connectivity index (χ3v) is 3.13. The minimum atomic E-state index is -0.0730. The van der Waals surface area contributed by atoms with Gasteiger partial charge >= 0.3 is 0 Å². The Hall–Kier alpha value is -2.56. The number of aryl methyl sites for hydroxylation is 1. The van der Waals surface area contributed by atoms with Gasteiger partial charge in [-0.3, -0.25) is 9.89 Å². The van der Waals surface area contributed by atoms with Crippen molar-refractivity contribution in [2.75, 3.05) is 0 Å². The van der Waals surface area contributed by atoms with Crippen LogP contribution in [0.1, 0.15) is 21.6 Å². The van der Waals surface area contributed by atoms with Crippen molar-refractivity contribution in [2.24, 2.45) is 0 Å². The number of amides is 1. The molecule has 96 valence electrons. The van der Waals surface area contributed by atoms with E-state index in [-0.39, 0.29) is 5.91 Å². The van der Waals surface area contributed by atoms with Crippen molar-refractivity contribution in [1.29, 1.82) is 0 Å². The molecule has 0 aliphatic heterocycles. The summed E-state index contributed by atoms with van der Waals surface area (Å²) in [6, 6.07) is 7.80. The van der Waals surface area contributed by atoms with Crippen LogP contribution in [0.5, 0.6) is 0 Å². The van der Waals surface area contributed by atoms with Crippen molar-refractivity contribution in [3.05, 3.63) is 53.5 Å². The molecule has 0 fully saturated rings. The molecule has 0 bridgehead atoms. The Labute approximate surface area is 110 Å².